The third-order valence-corrected chi connectivity index (χ3v) is 4.02. The van der Waals surface area contributed by atoms with Crippen LogP contribution in [0.5, 0.6) is 0 Å². The van der Waals surface area contributed by atoms with E-state index in [1.807, 2.05) is 0 Å². The summed E-state index contributed by atoms with van der Waals surface area (Å²) in [6, 6.07) is 15.0. The summed E-state index contributed by atoms with van der Waals surface area (Å²) in [5.41, 5.74) is 1.46. The highest BCUT2D eigenvalue weighted by molar-refractivity contribution is 7.47. The molecule has 0 saturated heterocycles. The van der Waals surface area contributed by atoms with E-state index in [1.54, 1.807) is 0 Å². The van der Waals surface area contributed by atoms with Gasteiger partial charge in [-0.15, -0.1) is 7.53 Å². The molecule has 0 radical (unpaired) electrons. The molecule has 0 atom stereocenters. The van der Waals surface area contributed by atoms with E-state index in [9.17, 15) is 0 Å². The molecule has 0 amide bonds. The lowest BCUT2D eigenvalue weighted by Crippen LogP contribution is -1.82. The summed E-state index contributed by atoms with van der Waals surface area (Å²) in [4.78, 5) is 0. The molecule has 13 heavy (non-hydrogen) atoms. The second-order valence-electron chi connectivity index (χ2n) is 3.16. The monoisotopic (exact) mass is 188 g/mol. The number of benzene rings is 1. The molecule has 0 N–H and O–H groups in total. The van der Waals surface area contributed by atoms with Crippen LogP contribution < -0.4 is 0 Å². The molecular formula is C12H13P. The van der Waals surface area contributed by atoms with E-state index in [0.717, 1.165) is 0 Å². The Morgan fingerprint density at radius 3 is 2.23 bits per heavy atom. The maximum Gasteiger partial charge on any atom is -0.0100 e. The lowest BCUT2D eigenvalue weighted by molar-refractivity contribution is 1.08. The summed E-state index contributed by atoms with van der Waals surface area (Å²) >= 11 is 0. The van der Waals surface area contributed by atoms with Crippen LogP contribution in [0.25, 0.3) is 0 Å². The van der Waals surface area contributed by atoms with E-state index >= 15 is 0 Å². The normalized spacial score (nSPS) is 10.2. The highest BCUT2D eigenvalue weighted by atomic mass is 31.1. The van der Waals surface area contributed by atoms with Crippen molar-refractivity contribution < 1.29 is 0 Å². The van der Waals surface area contributed by atoms with Crippen molar-refractivity contribution >= 4 is 7.53 Å². The first-order valence-corrected chi connectivity index (χ1v) is 6.26. The minimum Gasteiger partial charge on any atom is -0.125 e. The Morgan fingerprint density at radius 1 is 0.846 bits per heavy atom. The van der Waals surface area contributed by atoms with Crippen LogP contribution in [0.2, 0.25) is 0 Å². The van der Waals surface area contributed by atoms with Gasteiger partial charge in [0.2, 0.25) is 0 Å². The predicted octanol–water partition coefficient (Wildman–Crippen LogP) is 3.92. The first-order chi connectivity index (χ1) is 6.45. The topological polar surface area (TPSA) is 0 Å². The standard InChI is InChI=1S/C12H13P/c1-2-6-12(7-3-1)8-11-13-9-4-5-10-13/h1-7,9-10H,8,11H2. The van der Waals surface area contributed by atoms with Crippen LogP contribution in [0.4, 0.5) is 0 Å². The molecule has 1 aromatic carbocycles. The van der Waals surface area contributed by atoms with Gasteiger partial charge in [-0.05, 0) is 29.7 Å². The average Bonchev–Trinajstić information content (AvgIpc) is 2.69. The van der Waals surface area contributed by atoms with E-state index in [2.05, 4.69) is 54.1 Å². The average molecular weight is 188 g/mol. The number of hydrogen-bond acceptors (Lipinski definition) is 0. The Hall–Kier alpha value is -1.00. The third-order valence-electron chi connectivity index (χ3n) is 2.17. The molecule has 0 spiro atoms. The lowest BCUT2D eigenvalue weighted by atomic mass is 10.2. The highest BCUT2D eigenvalue weighted by Crippen LogP contribution is 2.28. The second-order valence-corrected chi connectivity index (χ2v) is 5.23. The Bertz CT molecular complexity index is 335. The number of hydrogen-bond donors (Lipinski definition) is 0. The summed E-state index contributed by atoms with van der Waals surface area (Å²) in [7, 11) is 0.0701. The van der Waals surface area contributed by atoms with E-state index in [-0.39, 0.29) is 7.53 Å². The van der Waals surface area contributed by atoms with E-state index in [0.29, 0.717) is 0 Å². The van der Waals surface area contributed by atoms with Gasteiger partial charge in [0.1, 0.15) is 0 Å². The summed E-state index contributed by atoms with van der Waals surface area (Å²) in [6.07, 6.45) is 2.51. The van der Waals surface area contributed by atoms with Gasteiger partial charge in [0.15, 0.2) is 0 Å². The van der Waals surface area contributed by atoms with Gasteiger partial charge in [-0.25, -0.2) is 0 Å². The van der Waals surface area contributed by atoms with Crippen molar-refractivity contribution in [1.29, 1.82) is 0 Å². The molecule has 0 aliphatic rings. The van der Waals surface area contributed by atoms with Gasteiger partial charge in [-0.3, -0.25) is 0 Å². The SMILES string of the molecule is c1ccc(CCp2cccc2)cc1. The molecule has 2 aromatic rings. The molecule has 1 aromatic heterocycles. The smallest absolute Gasteiger partial charge is 0.0100 e. The first kappa shape index (κ1) is 8.59. The highest BCUT2D eigenvalue weighted by Gasteiger charge is 1.93. The zero-order chi connectivity index (χ0) is 8.93. The van der Waals surface area contributed by atoms with Crippen molar-refractivity contribution in [3.8, 4) is 0 Å². The van der Waals surface area contributed by atoms with Crippen LogP contribution in [0.15, 0.2) is 54.1 Å². The van der Waals surface area contributed by atoms with E-state index in [4.69, 9.17) is 0 Å². The molecule has 1 heteroatoms. The molecular weight excluding hydrogens is 175 g/mol. The summed E-state index contributed by atoms with van der Waals surface area (Å²) < 4.78 is 0. The van der Waals surface area contributed by atoms with Gasteiger partial charge in [0.25, 0.3) is 0 Å². The zero-order valence-electron chi connectivity index (χ0n) is 7.56. The molecule has 0 aliphatic heterocycles. The Labute approximate surface area is 80.3 Å². The summed E-state index contributed by atoms with van der Waals surface area (Å²) in [5, 5.41) is 0. The number of rotatable bonds is 3. The van der Waals surface area contributed by atoms with Gasteiger partial charge in [-0.1, -0.05) is 42.5 Å². The minimum atomic E-state index is 0.0701. The molecule has 0 aliphatic carbocycles. The van der Waals surface area contributed by atoms with Crippen molar-refractivity contribution in [3.63, 3.8) is 0 Å². The van der Waals surface area contributed by atoms with Crippen molar-refractivity contribution in [2.75, 3.05) is 0 Å². The Kier molecular flexibility index (Phi) is 2.84. The minimum absolute atomic E-state index is 0.0701. The number of aryl methyl sites for hydroxylation is 2. The van der Waals surface area contributed by atoms with Gasteiger partial charge in [0.05, 0.1) is 0 Å². The van der Waals surface area contributed by atoms with Crippen LogP contribution in [0.3, 0.4) is 0 Å². The van der Waals surface area contributed by atoms with Crippen molar-refractivity contribution in [3.05, 3.63) is 59.6 Å². The summed E-state index contributed by atoms with van der Waals surface area (Å²) in [6.45, 7) is 0. The maximum absolute atomic E-state index is 2.33. The van der Waals surface area contributed by atoms with E-state index < -0.39 is 0 Å². The predicted molar refractivity (Wildman–Crippen MR) is 59.3 cm³/mol. The molecule has 0 unspecified atom stereocenters. The molecule has 0 fully saturated rings. The van der Waals surface area contributed by atoms with Crippen molar-refractivity contribution in [2.45, 2.75) is 12.6 Å². The molecule has 66 valence electrons. The molecule has 0 bridgehead atoms. The van der Waals surface area contributed by atoms with Crippen molar-refractivity contribution in [1.82, 2.24) is 0 Å². The fraction of sp³-hybridized carbons (Fsp3) is 0.167. The van der Waals surface area contributed by atoms with Crippen LogP contribution >= 0.6 is 7.53 Å². The molecule has 2 rings (SSSR count). The quantitative estimate of drug-likeness (QED) is 0.684. The van der Waals surface area contributed by atoms with Crippen LogP contribution in [-0.4, -0.2) is 0 Å². The van der Waals surface area contributed by atoms with Gasteiger partial charge >= 0.3 is 0 Å². The largest absolute Gasteiger partial charge is 0.125 e. The van der Waals surface area contributed by atoms with Crippen LogP contribution in [0, 0.1) is 0 Å². The molecule has 0 nitrogen and oxygen atoms in total. The van der Waals surface area contributed by atoms with Gasteiger partial charge < -0.3 is 0 Å². The zero-order valence-corrected chi connectivity index (χ0v) is 8.45. The van der Waals surface area contributed by atoms with E-state index in [1.165, 1.54) is 18.1 Å². The summed E-state index contributed by atoms with van der Waals surface area (Å²) in [5.74, 6) is 4.66. The fourth-order valence-electron chi connectivity index (χ4n) is 1.42. The Morgan fingerprint density at radius 2 is 1.54 bits per heavy atom. The molecule has 0 saturated carbocycles. The second kappa shape index (κ2) is 4.30. The van der Waals surface area contributed by atoms with Crippen LogP contribution in [-0.2, 0) is 12.6 Å². The van der Waals surface area contributed by atoms with Gasteiger partial charge in [-0.2, -0.15) is 0 Å². The van der Waals surface area contributed by atoms with Crippen molar-refractivity contribution in [2.24, 2.45) is 0 Å². The Balaban J connectivity index is 1.94. The maximum atomic E-state index is 2.33. The first-order valence-electron chi connectivity index (χ1n) is 4.60. The van der Waals surface area contributed by atoms with Gasteiger partial charge in [0, 0.05) is 0 Å². The molecule has 1 heterocycles. The fourth-order valence-corrected chi connectivity index (χ4v) is 2.98. The third kappa shape index (κ3) is 2.47. The lowest BCUT2D eigenvalue weighted by Gasteiger charge is -1.99. The van der Waals surface area contributed by atoms with Crippen LogP contribution in [0.1, 0.15) is 5.56 Å².